The number of rotatable bonds is 5. The maximum absolute atomic E-state index is 12.7. The number of anilines is 1. The summed E-state index contributed by atoms with van der Waals surface area (Å²) in [5, 5.41) is 0. The maximum Gasteiger partial charge on any atom is 0.237 e. The molecule has 4 nitrogen and oxygen atoms in total. The molecule has 0 saturated carbocycles. The Morgan fingerprint density at radius 2 is 1.71 bits per heavy atom. The van der Waals surface area contributed by atoms with Gasteiger partial charge in [0.25, 0.3) is 0 Å². The molecular formula is C20H21NO3. The van der Waals surface area contributed by atoms with Gasteiger partial charge in [0.05, 0.1) is 18.2 Å². The molecule has 0 radical (unpaired) electrons. The summed E-state index contributed by atoms with van der Waals surface area (Å²) in [6, 6.07) is 15.2. The van der Waals surface area contributed by atoms with E-state index in [-0.39, 0.29) is 24.2 Å². The van der Waals surface area contributed by atoms with Crippen LogP contribution in [0.2, 0.25) is 0 Å². The van der Waals surface area contributed by atoms with Crippen molar-refractivity contribution in [3.8, 4) is 5.75 Å². The van der Waals surface area contributed by atoms with Gasteiger partial charge in [0, 0.05) is 6.42 Å². The second-order valence-corrected chi connectivity index (χ2v) is 6.09. The van der Waals surface area contributed by atoms with Gasteiger partial charge in [-0.25, -0.2) is 0 Å². The summed E-state index contributed by atoms with van der Waals surface area (Å²) in [4.78, 5) is 26.3. The summed E-state index contributed by atoms with van der Waals surface area (Å²) in [5.74, 6) is 0.189. The van der Waals surface area contributed by atoms with Crippen LogP contribution in [0.3, 0.4) is 0 Å². The van der Waals surface area contributed by atoms with E-state index in [9.17, 15) is 9.59 Å². The van der Waals surface area contributed by atoms with Gasteiger partial charge in [0.15, 0.2) is 0 Å². The van der Waals surface area contributed by atoms with Crippen LogP contribution in [0.25, 0.3) is 0 Å². The minimum absolute atomic E-state index is 0.121. The molecule has 1 aliphatic rings. The van der Waals surface area contributed by atoms with Crippen molar-refractivity contribution in [2.45, 2.75) is 26.7 Å². The van der Waals surface area contributed by atoms with Gasteiger partial charge in [-0.05, 0) is 50.1 Å². The van der Waals surface area contributed by atoms with E-state index in [0.717, 1.165) is 11.3 Å². The summed E-state index contributed by atoms with van der Waals surface area (Å²) in [7, 11) is 0. The number of carbonyl (C=O) groups excluding carboxylic acids is 2. The van der Waals surface area contributed by atoms with E-state index in [1.807, 2.05) is 38.1 Å². The Kier molecular flexibility index (Phi) is 4.65. The molecule has 124 valence electrons. The van der Waals surface area contributed by atoms with Crippen LogP contribution in [0.15, 0.2) is 48.5 Å². The number of aryl methyl sites for hydroxylation is 1. The Balaban J connectivity index is 1.74. The Morgan fingerprint density at radius 1 is 1.04 bits per heavy atom. The number of hydrogen-bond acceptors (Lipinski definition) is 3. The Labute approximate surface area is 142 Å². The minimum Gasteiger partial charge on any atom is -0.494 e. The first-order valence-electron chi connectivity index (χ1n) is 8.23. The number of carbonyl (C=O) groups is 2. The van der Waals surface area contributed by atoms with Crippen molar-refractivity contribution in [3.63, 3.8) is 0 Å². The normalized spacial score (nSPS) is 17.4. The van der Waals surface area contributed by atoms with E-state index < -0.39 is 0 Å². The van der Waals surface area contributed by atoms with Crippen LogP contribution in [0.4, 0.5) is 5.69 Å². The van der Waals surface area contributed by atoms with Crippen LogP contribution in [0.1, 0.15) is 24.5 Å². The summed E-state index contributed by atoms with van der Waals surface area (Å²) in [6.45, 7) is 4.53. The molecule has 1 atom stereocenters. The molecule has 2 aromatic rings. The van der Waals surface area contributed by atoms with Crippen molar-refractivity contribution >= 4 is 17.5 Å². The van der Waals surface area contributed by atoms with E-state index in [4.69, 9.17) is 4.74 Å². The standard InChI is InChI=1S/C20H21NO3/c1-3-24-18-10-8-17(9-11-18)21-19(22)13-16(20(21)23)12-15-6-4-14(2)5-7-15/h4-11,16H,3,12-13H2,1-2H3. The van der Waals surface area contributed by atoms with Crippen molar-refractivity contribution in [3.05, 3.63) is 59.7 Å². The molecule has 1 fully saturated rings. The lowest BCUT2D eigenvalue weighted by molar-refractivity contribution is -0.122. The van der Waals surface area contributed by atoms with E-state index in [1.54, 1.807) is 24.3 Å². The van der Waals surface area contributed by atoms with Crippen LogP contribution < -0.4 is 9.64 Å². The smallest absolute Gasteiger partial charge is 0.237 e. The predicted octanol–water partition coefficient (Wildman–Crippen LogP) is 3.52. The maximum atomic E-state index is 12.7. The molecule has 0 aliphatic carbocycles. The Bertz CT molecular complexity index is 734. The highest BCUT2D eigenvalue weighted by atomic mass is 16.5. The van der Waals surface area contributed by atoms with Crippen molar-refractivity contribution in [2.75, 3.05) is 11.5 Å². The van der Waals surface area contributed by atoms with E-state index in [2.05, 4.69) is 0 Å². The molecule has 2 aromatic carbocycles. The molecule has 0 bridgehead atoms. The fraction of sp³-hybridized carbons (Fsp3) is 0.300. The lowest BCUT2D eigenvalue weighted by Crippen LogP contribution is -2.30. The lowest BCUT2D eigenvalue weighted by Gasteiger charge is -2.15. The minimum atomic E-state index is -0.285. The van der Waals surface area contributed by atoms with E-state index >= 15 is 0 Å². The van der Waals surface area contributed by atoms with Gasteiger partial charge in [-0.2, -0.15) is 0 Å². The first-order valence-corrected chi connectivity index (χ1v) is 8.23. The summed E-state index contributed by atoms with van der Waals surface area (Å²) in [5.41, 5.74) is 2.88. The van der Waals surface area contributed by atoms with Crippen LogP contribution >= 0.6 is 0 Å². The quantitative estimate of drug-likeness (QED) is 0.791. The molecular weight excluding hydrogens is 302 g/mol. The van der Waals surface area contributed by atoms with Gasteiger partial charge in [-0.15, -0.1) is 0 Å². The monoisotopic (exact) mass is 323 g/mol. The zero-order valence-electron chi connectivity index (χ0n) is 14.0. The average Bonchev–Trinajstić information content (AvgIpc) is 2.85. The van der Waals surface area contributed by atoms with Crippen LogP contribution in [0, 0.1) is 12.8 Å². The molecule has 1 saturated heterocycles. The zero-order valence-corrected chi connectivity index (χ0v) is 14.0. The van der Waals surface area contributed by atoms with Crippen molar-refractivity contribution in [2.24, 2.45) is 5.92 Å². The number of benzene rings is 2. The SMILES string of the molecule is CCOc1ccc(N2C(=O)CC(Cc3ccc(C)cc3)C2=O)cc1. The predicted molar refractivity (Wildman–Crippen MR) is 93.1 cm³/mol. The summed E-state index contributed by atoms with van der Waals surface area (Å²) >= 11 is 0. The fourth-order valence-corrected chi connectivity index (χ4v) is 2.99. The van der Waals surface area contributed by atoms with Gasteiger partial charge in [0.1, 0.15) is 5.75 Å². The molecule has 0 N–H and O–H groups in total. The van der Waals surface area contributed by atoms with Gasteiger partial charge in [-0.3, -0.25) is 14.5 Å². The third-order valence-corrected chi connectivity index (χ3v) is 4.25. The first kappa shape index (κ1) is 16.2. The van der Waals surface area contributed by atoms with Gasteiger partial charge >= 0.3 is 0 Å². The van der Waals surface area contributed by atoms with Gasteiger partial charge in [0.2, 0.25) is 11.8 Å². The fourth-order valence-electron chi connectivity index (χ4n) is 2.99. The van der Waals surface area contributed by atoms with E-state index in [0.29, 0.717) is 18.7 Å². The van der Waals surface area contributed by atoms with Crippen LogP contribution in [-0.4, -0.2) is 18.4 Å². The molecule has 2 amide bonds. The zero-order chi connectivity index (χ0) is 17.1. The van der Waals surface area contributed by atoms with E-state index in [1.165, 1.54) is 10.5 Å². The number of nitrogens with zero attached hydrogens (tertiary/aromatic N) is 1. The van der Waals surface area contributed by atoms with Crippen LogP contribution in [0.5, 0.6) is 5.75 Å². The highest BCUT2D eigenvalue weighted by Gasteiger charge is 2.39. The van der Waals surface area contributed by atoms with Gasteiger partial charge < -0.3 is 4.74 Å². The second kappa shape index (κ2) is 6.87. The summed E-state index contributed by atoms with van der Waals surface area (Å²) < 4.78 is 5.40. The molecule has 4 heteroatoms. The Morgan fingerprint density at radius 3 is 2.33 bits per heavy atom. The number of imide groups is 1. The highest BCUT2D eigenvalue weighted by molar-refractivity contribution is 6.21. The lowest BCUT2D eigenvalue weighted by atomic mass is 9.97. The highest BCUT2D eigenvalue weighted by Crippen LogP contribution is 2.30. The molecule has 0 spiro atoms. The number of amides is 2. The summed E-state index contributed by atoms with van der Waals surface area (Å²) in [6.07, 6.45) is 0.859. The van der Waals surface area contributed by atoms with Crippen molar-refractivity contribution in [1.82, 2.24) is 0 Å². The largest absolute Gasteiger partial charge is 0.494 e. The molecule has 0 aromatic heterocycles. The average molecular weight is 323 g/mol. The third kappa shape index (κ3) is 3.32. The van der Waals surface area contributed by atoms with Crippen LogP contribution in [-0.2, 0) is 16.0 Å². The first-order chi connectivity index (χ1) is 11.6. The molecule has 1 heterocycles. The number of ether oxygens (including phenoxy) is 1. The molecule has 3 rings (SSSR count). The molecule has 1 aliphatic heterocycles. The topological polar surface area (TPSA) is 46.6 Å². The molecule has 1 unspecified atom stereocenters. The Hall–Kier alpha value is -2.62. The second-order valence-electron chi connectivity index (χ2n) is 6.09. The van der Waals surface area contributed by atoms with Crippen molar-refractivity contribution < 1.29 is 14.3 Å². The van der Waals surface area contributed by atoms with Crippen molar-refractivity contribution in [1.29, 1.82) is 0 Å². The third-order valence-electron chi connectivity index (χ3n) is 4.25. The number of hydrogen-bond donors (Lipinski definition) is 0. The molecule has 24 heavy (non-hydrogen) atoms. The van der Waals surface area contributed by atoms with Gasteiger partial charge in [-0.1, -0.05) is 29.8 Å².